The van der Waals surface area contributed by atoms with Crippen LogP contribution in [0.15, 0.2) is 51.6 Å². The van der Waals surface area contributed by atoms with Gasteiger partial charge in [0.15, 0.2) is 0 Å². The Labute approximate surface area is 134 Å². The van der Waals surface area contributed by atoms with Gasteiger partial charge in [0.1, 0.15) is 11.7 Å². The van der Waals surface area contributed by atoms with Crippen molar-refractivity contribution in [1.29, 1.82) is 0 Å². The van der Waals surface area contributed by atoms with Gasteiger partial charge in [-0.3, -0.25) is 4.98 Å². The van der Waals surface area contributed by atoms with Gasteiger partial charge in [0, 0.05) is 15.7 Å². The summed E-state index contributed by atoms with van der Waals surface area (Å²) in [5.74, 6) is 0.663. The summed E-state index contributed by atoms with van der Waals surface area (Å²) in [5, 5.41) is 4.48. The van der Waals surface area contributed by atoms with E-state index in [1.54, 1.807) is 12.3 Å². The smallest absolute Gasteiger partial charge is 0.248 e. The largest absolute Gasteiger partial charge is 0.337 e. The molecule has 2 heterocycles. The van der Waals surface area contributed by atoms with E-state index in [0.717, 1.165) is 10.0 Å². The highest BCUT2D eigenvalue weighted by Gasteiger charge is 2.20. The second-order valence-corrected chi connectivity index (χ2v) is 5.55. The second kappa shape index (κ2) is 5.93. The van der Waals surface area contributed by atoms with Gasteiger partial charge in [0.05, 0.1) is 0 Å². The van der Waals surface area contributed by atoms with E-state index in [2.05, 4.69) is 31.1 Å². The zero-order valence-corrected chi connectivity index (χ0v) is 13.0. The lowest BCUT2D eigenvalue weighted by atomic mass is 10.1. The highest BCUT2D eigenvalue weighted by atomic mass is 79.9. The van der Waals surface area contributed by atoms with Crippen LogP contribution in [0.2, 0.25) is 5.02 Å². The molecule has 0 bridgehead atoms. The second-order valence-electron chi connectivity index (χ2n) is 4.29. The normalized spacial score (nSPS) is 12.3. The molecule has 3 aromatic rings. The molecule has 7 heteroatoms. The van der Waals surface area contributed by atoms with Crippen LogP contribution in [-0.2, 0) is 0 Å². The molecule has 2 N–H and O–H groups in total. The molecule has 0 spiro atoms. The molecule has 1 atom stereocenters. The summed E-state index contributed by atoms with van der Waals surface area (Å²) in [4.78, 5) is 8.52. The fourth-order valence-corrected chi connectivity index (χ4v) is 2.55. The maximum Gasteiger partial charge on any atom is 0.248 e. The van der Waals surface area contributed by atoms with Crippen molar-refractivity contribution in [2.75, 3.05) is 0 Å². The van der Waals surface area contributed by atoms with Crippen molar-refractivity contribution in [2.45, 2.75) is 6.04 Å². The first-order valence-corrected chi connectivity index (χ1v) is 7.28. The van der Waals surface area contributed by atoms with Gasteiger partial charge in [0.25, 0.3) is 0 Å². The average molecular weight is 366 g/mol. The molecule has 21 heavy (non-hydrogen) atoms. The summed E-state index contributed by atoms with van der Waals surface area (Å²) in [6.45, 7) is 0. The molecule has 0 radical (unpaired) electrons. The number of pyridine rings is 1. The summed E-state index contributed by atoms with van der Waals surface area (Å²) < 4.78 is 6.02. The summed E-state index contributed by atoms with van der Waals surface area (Å²) in [6, 6.07) is 10.4. The Bertz CT molecular complexity index is 777. The van der Waals surface area contributed by atoms with Crippen molar-refractivity contribution in [1.82, 2.24) is 15.1 Å². The molecule has 5 nitrogen and oxygen atoms in total. The zero-order valence-electron chi connectivity index (χ0n) is 10.7. The number of benzene rings is 1. The third-order valence-electron chi connectivity index (χ3n) is 2.92. The van der Waals surface area contributed by atoms with Crippen LogP contribution in [0.25, 0.3) is 11.5 Å². The van der Waals surface area contributed by atoms with E-state index in [4.69, 9.17) is 21.9 Å². The first kappa shape index (κ1) is 14.2. The van der Waals surface area contributed by atoms with Gasteiger partial charge in [0.2, 0.25) is 11.7 Å². The van der Waals surface area contributed by atoms with Crippen LogP contribution in [-0.4, -0.2) is 15.1 Å². The predicted octanol–water partition coefficient (Wildman–Crippen LogP) is 3.60. The molecule has 2 aromatic heterocycles. The first-order valence-electron chi connectivity index (χ1n) is 6.11. The van der Waals surface area contributed by atoms with Gasteiger partial charge in [-0.15, -0.1) is 0 Å². The van der Waals surface area contributed by atoms with Crippen LogP contribution < -0.4 is 5.73 Å². The fraction of sp³-hybridized carbons (Fsp3) is 0.0714. The molecular weight excluding hydrogens is 356 g/mol. The number of nitrogens with two attached hydrogens (primary N) is 1. The van der Waals surface area contributed by atoms with Crippen molar-refractivity contribution in [3.8, 4) is 11.5 Å². The fourth-order valence-electron chi connectivity index (χ4n) is 1.87. The molecule has 106 valence electrons. The molecule has 0 saturated carbocycles. The SMILES string of the molecule is N[C@@H](c1nc(-c2ncccc2Br)no1)c1ccccc1Cl. The molecule has 0 unspecified atom stereocenters. The quantitative estimate of drug-likeness (QED) is 0.767. The summed E-state index contributed by atoms with van der Waals surface area (Å²) >= 11 is 9.53. The number of rotatable bonds is 3. The van der Waals surface area contributed by atoms with E-state index in [0.29, 0.717) is 16.5 Å². The van der Waals surface area contributed by atoms with E-state index in [-0.39, 0.29) is 5.89 Å². The van der Waals surface area contributed by atoms with Gasteiger partial charge in [-0.2, -0.15) is 4.98 Å². The van der Waals surface area contributed by atoms with Gasteiger partial charge in [-0.1, -0.05) is 35.0 Å². The minimum Gasteiger partial charge on any atom is -0.337 e. The van der Waals surface area contributed by atoms with Crippen LogP contribution in [0, 0.1) is 0 Å². The molecular formula is C14H10BrClN4O. The minimum absolute atomic E-state index is 0.288. The average Bonchev–Trinajstić information content (AvgIpc) is 2.97. The van der Waals surface area contributed by atoms with Gasteiger partial charge < -0.3 is 10.3 Å². The third kappa shape index (κ3) is 2.83. The van der Waals surface area contributed by atoms with Crippen molar-refractivity contribution < 1.29 is 4.52 Å². The highest BCUT2D eigenvalue weighted by Crippen LogP contribution is 2.28. The molecule has 0 aliphatic carbocycles. The number of hydrogen-bond donors (Lipinski definition) is 1. The lowest BCUT2D eigenvalue weighted by Crippen LogP contribution is -2.12. The Balaban J connectivity index is 1.96. The monoisotopic (exact) mass is 364 g/mol. The summed E-state index contributed by atoms with van der Waals surface area (Å²) in [7, 11) is 0. The van der Waals surface area contributed by atoms with Crippen LogP contribution in [0.3, 0.4) is 0 Å². The van der Waals surface area contributed by atoms with Crippen molar-refractivity contribution in [2.24, 2.45) is 5.73 Å². The van der Waals surface area contributed by atoms with Gasteiger partial charge >= 0.3 is 0 Å². The first-order chi connectivity index (χ1) is 10.2. The van der Waals surface area contributed by atoms with Crippen molar-refractivity contribution in [3.05, 3.63) is 63.5 Å². The molecule has 1 aromatic carbocycles. The molecule has 0 aliphatic heterocycles. The van der Waals surface area contributed by atoms with Gasteiger partial charge in [-0.05, 0) is 39.7 Å². The molecule has 0 saturated heterocycles. The zero-order chi connectivity index (χ0) is 14.8. The maximum absolute atomic E-state index is 6.13. The molecule has 0 aliphatic rings. The van der Waals surface area contributed by atoms with Crippen molar-refractivity contribution >= 4 is 27.5 Å². The number of halogens is 2. The van der Waals surface area contributed by atoms with Crippen LogP contribution in [0.1, 0.15) is 17.5 Å². The van der Waals surface area contributed by atoms with E-state index in [9.17, 15) is 0 Å². The number of aromatic nitrogens is 3. The number of nitrogens with zero attached hydrogens (tertiary/aromatic N) is 3. The van der Waals surface area contributed by atoms with Crippen LogP contribution in [0.5, 0.6) is 0 Å². The Hall–Kier alpha value is -1.76. The summed E-state index contributed by atoms with van der Waals surface area (Å²) in [6.07, 6.45) is 1.66. The highest BCUT2D eigenvalue weighted by molar-refractivity contribution is 9.10. The third-order valence-corrected chi connectivity index (χ3v) is 3.90. The maximum atomic E-state index is 6.13. The lowest BCUT2D eigenvalue weighted by molar-refractivity contribution is 0.367. The Morgan fingerprint density at radius 3 is 2.76 bits per heavy atom. The lowest BCUT2D eigenvalue weighted by Gasteiger charge is -2.08. The number of hydrogen-bond acceptors (Lipinski definition) is 5. The van der Waals surface area contributed by atoms with E-state index < -0.39 is 6.04 Å². The molecule has 0 fully saturated rings. The summed E-state index contributed by atoms with van der Waals surface area (Å²) in [5.41, 5.74) is 7.46. The standard InChI is InChI=1S/C14H10BrClN4O/c15-9-5-3-7-18-12(9)13-19-14(21-20-13)11(17)8-4-1-2-6-10(8)16/h1-7,11H,17H2/t11-/m1/s1. The Morgan fingerprint density at radius 2 is 2.00 bits per heavy atom. The van der Waals surface area contributed by atoms with E-state index in [1.165, 1.54) is 0 Å². The van der Waals surface area contributed by atoms with Crippen LogP contribution in [0.4, 0.5) is 0 Å². The predicted molar refractivity (Wildman–Crippen MR) is 82.7 cm³/mol. The minimum atomic E-state index is -0.581. The van der Waals surface area contributed by atoms with E-state index >= 15 is 0 Å². The van der Waals surface area contributed by atoms with Crippen LogP contribution >= 0.6 is 27.5 Å². The topological polar surface area (TPSA) is 77.8 Å². The van der Waals surface area contributed by atoms with Crippen molar-refractivity contribution in [3.63, 3.8) is 0 Å². The molecule has 3 rings (SSSR count). The van der Waals surface area contributed by atoms with E-state index in [1.807, 2.05) is 30.3 Å². The molecule has 0 amide bonds. The Morgan fingerprint density at radius 1 is 1.19 bits per heavy atom. The Kier molecular flexibility index (Phi) is 4.01. The van der Waals surface area contributed by atoms with Gasteiger partial charge in [-0.25, -0.2) is 0 Å².